The summed E-state index contributed by atoms with van der Waals surface area (Å²) in [5.74, 6) is -1.22. The molecule has 3 atom stereocenters. The van der Waals surface area contributed by atoms with Crippen molar-refractivity contribution in [2.75, 3.05) is 11.6 Å². The number of nitrogen functional groups attached to an aromatic ring is 1. The number of ether oxygens (including phenoxy) is 1. The summed E-state index contributed by atoms with van der Waals surface area (Å²) in [4.78, 5) is 14.9. The Morgan fingerprint density at radius 2 is 2.50 bits per heavy atom. The first-order valence-electron chi connectivity index (χ1n) is 5.33. The molecular formula is C10H13ClFN3O3. The van der Waals surface area contributed by atoms with Crippen molar-refractivity contribution >= 4 is 17.4 Å². The fourth-order valence-corrected chi connectivity index (χ4v) is 2.07. The maximum Gasteiger partial charge on any atom is 0.351 e. The van der Waals surface area contributed by atoms with Crippen LogP contribution in [0.25, 0.3) is 0 Å². The molecule has 0 radical (unpaired) electrons. The Bertz CT molecular complexity index is 524. The molecule has 0 aromatic carbocycles. The van der Waals surface area contributed by atoms with Gasteiger partial charge in [0, 0.05) is 6.42 Å². The molecule has 0 spiro atoms. The zero-order chi connectivity index (χ0) is 13.5. The first kappa shape index (κ1) is 13.3. The number of rotatable bonds is 2. The summed E-state index contributed by atoms with van der Waals surface area (Å²) in [5.41, 5.74) is 3.48. The predicted molar refractivity (Wildman–Crippen MR) is 62.7 cm³/mol. The molecule has 8 heteroatoms. The summed E-state index contributed by atoms with van der Waals surface area (Å²) in [5, 5.41) is 9.83. The van der Waals surface area contributed by atoms with Crippen molar-refractivity contribution < 1.29 is 14.2 Å². The smallest absolute Gasteiger partial charge is 0.351 e. The van der Waals surface area contributed by atoms with Crippen molar-refractivity contribution in [3.63, 3.8) is 0 Å². The van der Waals surface area contributed by atoms with Gasteiger partial charge in [0.25, 0.3) is 0 Å². The largest absolute Gasteiger partial charge is 0.390 e. The van der Waals surface area contributed by atoms with E-state index in [-0.39, 0.29) is 12.3 Å². The Kier molecular flexibility index (Phi) is 3.31. The summed E-state index contributed by atoms with van der Waals surface area (Å²) in [6.07, 6.45) is -0.595. The van der Waals surface area contributed by atoms with E-state index in [4.69, 9.17) is 22.1 Å². The van der Waals surface area contributed by atoms with E-state index in [1.807, 2.05) is 0 Å². The fourth-order valence-electron chi connectivity index (χ4n) is 1.83. The molecule has 1 aliphatic rings. The van der Waals surface area contributed by atoms with E-state index in [1.54, 1.807) is 6.92 Å². The van der Waals surface area contributed by atoms with Crippen molar-refractivity contribution in [2.45, 2.75) is 31.3 Å². The Morgan fingerprint density at radius 1 is 1.83 bits per heavy atom. The lowest BCUT2D eigenvalue weighted by atomic mass is 10.0. The maximum absolute atomic E-state index is 13.3. The average molecular weight is 278 g/mol. The van der Waals surface area contributed by atoms with E-state index in [9.17, 15) is 14.3 Å². The van der Waals surface area contributed by atoms with Gasteiger partial charge in [0.15, 0.2) is 11.6 Å². The van der Waals surface area contributed by atoms with Crippen LogP contribution in [-0.4, -0.2) is 32.2 Å². The standard InChI is InChI=1S/C10H13ClFN3O3/c1-10(4-11)6(16)2-7(18-10)15-3-5(12)8(13)14-9(15)17/h3,6-7,16H,2,4H2,1H3,(H2,13,14,17)/t6-,7+,10-/m0/s1. The van der Waals surface area contributed by atoms with Crippen LogP contribution in [0, 0.1) is 5.82 Å². The molecule has 1 saturated heterocycles. The Hall–Kier alpha value is -1.18. The number of hydrogen-bond donors (Lipinski definition) is 2. The third-order valence-electron chi connectivity index (χ3n) is 3.04. The molecule has 2 heterocycles. The van der Waals surface area contributed by atoms with E-state index in [1.165, 1.54) is 0 Å². The number of nitrogens with two attached hydrogens (primary N) is 1. The van der Waals surface area contributed by atoms with E-state index >= 15 is 0 Å². The minimum atomic E-state index is -0.969. The van der Waals surface area contributed by atoms with Gasteiger partial charge >= 0.3 is 5.69 Å². The van der Waals surface area contributed by atoms with Crippen LogP contribution in [0.15, 0.2) is 11.0 Å². The molecule has 1 aromatic rings. The number of halogens is 2. The normalized spacial score (nSPS) is 31.8. The highest BCUT2D eigenvalue weighted by Gasteiger charge is 2.44. The van der Waals surface area contributed by atoms with Crippen LogP contribution in [0.4, 0.5) is 10.2 Å². The van der Waals surface area contributed by atoms with Crippen molar-refractivity contribution in [2.24, 2.45) is 0 Å². The number of aliphatic hydroxyl groups excluding tert-OH is 1. The van der Waals surface area contributed by atoms with Crippen LogP contribution in [0.5, 0.6) is 0 Å². The molecule has 1 aromatic heterocycles. The number of nitrogens with zero attached hydrogens (tertiary/aromatic N) is 2. The zero-order valence-electron chi connectivity index (χ0n) is 9.64. The van der Waals surface area contributed by atoms with Gasteiger partial charge in [-0.2, -0.15) is 4.98 Å². The molecule has 18 heavy (non-hydrogen) atoms. The van der Waals surface area contributed by atoms with Crippen molar-refractivity contribution in [1.82, 2.24) is 9.55 Å². The zero-order valence-corrected chi connectivity index (χ0v) is 10.4. The number of hydrogen-bond acceptors (Lipinski definition) is 5. The molecule has 0 bridgehead atoms. The second-order valence-corrected chi connectivity index (χ2v) is 4.70. The van der Waals surface area contributed by atoms with E-state index in [2.05, 4.69) is 4.98 Å². The van der Waals surface area contributed by atoms with Crippen LogP contribution >= 0.6 is 11.6 Å². The van der Waals surface area contributed by atoms with Crippen LogP contribution in [0.3, 0.4) is 0 Å². The van der Waals surface area contributed by atoms with E-state index in [0.717, 1.165) is 10.8 Å². The van der Waals surface area contributed by atoms with Crippen LogP contribution in [0.1, 0.15) is 19.6 Å². The molecular weight excluding hydrogens is 265 g/mol. The third kappa shape index (κ3) is 2.09. The number of aliphatic hydroxyl groups is 1. The van der Waals surface area contributed by atoms with Gasteiger partial charge in [-0.25, -0.2) is 9.18 Å². The highest BCUT2D eigenvalue weighted by atomic mass is 35.5. The van der Waals surface area contributed by atoms with Gasteiger partial charge in [-0.05, 0) is 6.92 Å². The van der Waals surface area contributed by atoms with Crippen molar-refractivity contribution in [3.05, 3.63) is 22.5 Å². The lowest BCUT2D eigenvalue weighted by molar-refractivity contribution is -0.0773. The molecule has 0 unspecified atom stereocenters. The summed E-state index contributed by atoms with van der Waals surface area (Å²) >= 11 is 5.71. The third-order valence-corrected chi connectivity index (χ3v) is 3.58. The molecule has 0 saturated carbocycles. The van der Waals surface area contributed by atoms with E-state index in [0.29, 0.717) is 0 Å². The number of anilines is 1. The maximum atomic E-state index is 13.3. The van der Waals surface area contributed by atoms with Crippen molar-refractivity contribution in [1.29, 1.82) is 0 Å². The second kappa shape index (κ2) is 4.49. The fraction of sp³-hybridized carbons (Fsp3) is 0.600. The summed E-state index contributed by atoms with van der Waals surface area (Å²) < 4.78 is 19.8. The molecule has 1 fully saturated rings. The van der Waals surface area contributed by atoms with Gasteiger partial charge < -0.3 is 15.6 Å². The summed E-state index contributed by atoms with van der Waals surface area (Å²) in [7, 11) is 0. The van der Waals surface area contributed by atoms with Gasteiger partial charge in [-0.3, -0.25) is 4.57 Å². The van der Waals surface area contributed by atoms with E-state index < -0.39 is 35.3 Å². The van der Waals surface area contributed by atoms with Gasteiger partial charge in [0.05, 0.1) is 18.2 Å². The van der Waals surface area contributed by atoms with Crippen LogP contribution < -0.4 is 11.4 Å². The molecule has 3 N–H and O–H groups in total. The minimum absolute atomic E-state index is 0.0598. The number of aromatic nitrogens is 2. The Morgan fingerprint density at radius 3 is 3.06 bits per heavy atom. The Balaban J connectivity index is 2.35. The average Bonchev–Trinajstić information content (AvgIpc) is 2.61. The highest BCUT2D eigenvalue weighted by molar-refractivity contribution is 6.18. The lowest BCUT2D eigenvalue weighted by Gasteiger charge is -2.24. The molecule has 100 valence electrons. The van der Waals surface area contributed by atoms with Crippen molar-refractivity contribution in [3.8, 4) is 0 Å². The quantitative estimate of drug-likeness (QED) is 0.756. The summed E-state index contributed by atoms with van der Waals surface area (Å²) in [6.45, 7) is 1.62. The Labute approximate surface area is 107 Å². The van der Waals surface area contributed by atoms with Crippen LogP contribution in [0.2, 0.25) is 0 Å². The SMILES string of the molecule is C[C@@]1(CCl)O[C@@H](n2cc(F)c(N)nc2=O)C[C@@H]1O. The van der Waals surface area contributed by atoms with Gasteiger partial charge in [0.2, 0.25) is 0 Å². The highest BCUT2D eigenvalue weighted by Crippen LogP contribution is 2.36. The molecule has 0 aliphatic carbocycles. The number of alkyl halides is 1. The topological polar surface area (TPSA) is 90.4 Å². The summed E-state index contributed by atoms with van der Waals surface area (Å²) in [6, 6.07) is 0. The molecule has 1 aliphatic heterocycles. The predicted octanol–water partition coefficient (Wildman–Crippen LogP) is 0.242. The first-order valence-corrected chi connectivity index (χ1v) is 5.87. The molecule has 6 nitrogen and oxygen atoms in total. The van der Waals surface area contributed by atoms with Gasteiger partial charge in [0.1, 0.15) is 11.8 Å². The molecule has 0 amide bonds. The monoisotopic (exact) mass is 277 g/mol. The second-order valence-electron chi connectivity index (χ2n) is 4.43. The van der Waals surface area contributed by atoms with Gasteiger partial charge in [-0.1, -0.05) is 0 Å². The molecule has 2 rings (SSSR count). The van der Waals surface area contributed by atoms with Crippen LogP contribution in [-0.2, 0) is 4.74 Å². The van der Waals surface area contributed by atoms with Gasteiger partial charge in [-0.15, -0.1) is 11.6 Å². The first-order chi connectivity index (χ1) is 8.37. The minimum Gasteiger partial charge on any atom is -0.390 e. The lowest BCUT2D eigenvalue weighted by Crippen LogP contribution is -2.38.